The first-order chi connectivity index (χ1) is 17.4. The van der Waals surface area contributed by atoms with E-state index >= 15 is 0 Å². The van der Waals surface area contributed by atoms with Crippen molar-refractivity contribution in [3.05, 3.63) is 72.6 Å². The molecule has 0 bridgehead atoms. The first kappa shape index (κ1) is 23.7. The third-order valence-corrected chi connectivity index (χ3v) is 7.64. The molecule has 2 heterocycles. The predicted molar refractivity (Wildman–Crippen MR) is 140 cm³/mol. The van der Waals surface area contributed by atoms with Gasteiger partial charge in [-0.2, -0.15) is 0 Å². The molecule has 0 aliphatic carbocycles. The number of rotatable bonds is 7. The fraction of sp³-hybridized carbons (Fsp3) is 0.231. The van der Waals surface area contributed by atoms with Gasteiger partial charge in [-0.25, -0.2) is 13.4 Å². The van der Waals surface area contributed by atoms with Crippen molar-refractivity contribution in [2.75, 3.05) is 35.1 Å². The van der Waals surface area contributed by atoms with Crippen LogP contribution in [0.4, 0.5) is 17.1 Å². The number of hydrogen-bond donors (Lipinski definition) is 3. The number of amides is 1. The molecule has 1 aliphatic rings. The summed E-state index contributed by atoms with van der Waals surface area (Å²) in [5.74, 6) is 0.286. The minimum absolute atomic E-state index is 0.113. The highest BCUT2D eigenvalue weighted by atomic mass is 32.2. The number of ether oxygens (including phenoxy) is 1. The van der Waals surface area contributed by atoms with Gasteiger partial charge in [0.15, 0.2) is 0 Å². The summed E-state index contributed by atoms with van der Waals surface area (Å²) in [6, 6.07) is 16.9. The molecule has 36 heavy (non-hydrogen) atoms. The van der Waals surface area contributed by atoms with E-state index in [1.807, 2.05) is 0 Å². The zero-order valence-electron chi connectivity index (χ0n) is 19.8. The van der Waals surface area contributed by atoms with E-state index in [9.17, 15) is 13.2 Å². The van der Waals surface area contributed by atoms with Crippen LogP contribution in [0.15, 0.2) is 71.9 Å². The van der Waals surface area contributed by atoms with E-state index in [1.54, 1.807) is 68.0 Å². The first-order valence-corrected chi connectivity index (χ1v) is 13.2. The number of aromatic nitrogens is 2. The summed E-state index contributed by atoms with van der Waals surface area (Å²) < 4.78 is 34.9. The van der Waals surface area contributed by atoms with Crippen LogP contribution in [-0.4, -0.2) is 44.5 Å². The van der Waals surface area contributed by atoms with Crippen molar-refractivity contribution in [3.8, 4) is 5.75 Å². The van der Waals surface area contributed by atoms with Gasteiger partial charge < -0.3 is 19.9 Å². The number of fused-ring (bicyclic) bond motifs is 1. The third-order valence-electron chi connectivity index (χ3n) is 6.23. The summed E-state index contributed by atoms with van der Waals surface area (Å²) in [4.78, 5) is 22.3. The highest BCUT2D eigenvalue weighted by Crippen LogP contribution is 2.32. The van der Waals surface area contributed by atoms with Crippen molar-refractivity contribution in [2.24, 2.45) is 0 Å². The number of carbonyl (C=O) groups excluding carboxylic acids is 1. The fourth-order valence-corrected chi connectivity index (χ4v) is 5.66. The normalized spacial score (nSPS) is 14.0. The molecule has 9 nitrogen and oxygen atoms in total. The van der Waals surface area contributed by atoms with E-state index in [0.717, 1.165) is 43.4 Å². The Morgan fingerprint density at radius 1 is 0.972 bits per heavy atom. The van der Waals surface area contributed by atoms with Crippen LogP contribution >= 0.6 is 0 Å². The molecule has 1 aromatic heterocycles. The number of anilines is 3. The van der Waals surface area contributed by atoms with Crippen LogP contribution in [-0.2, 0) is 10.0 Å². The topological polar surface area (TPSA) is 116 Å². The molecule has 1 amide bonds. The van der Waals surface area contributed by atoms with Crippen molar-refractivity contribution in [2.45, 2.75) is 24.2 Å². The Labute approximate surface area is 209 Å². The zero-order valence-corrected chi connectivity index (χ0v) is 20.6. The predicted octanol–water partition coefficient (Wildman–Crippen LogP) is 4.61. The molecule has 1 fully saturated rings. The van der Waals surface area contributed by atoms with Crippen LogP contribution < -0.4 is 19.7 Å². The summed E-state index contributed by atoms with van der Waals surface area (Å²) >= 11 is 0. The van der Waals surface area contributed by atoms with Gasteiger partial charge in [0, 0.05) is 30.0 Å². The number of hydrogen-bond acceptors (Lipinski definition) is 6. The quantitative estimate of drug-likeness (QED) is 0.338. The molecule has 186 valence electrons. The van der Waals surface area contributed by atoms with Crippen molar-refractivity contribution < 1.29 is 17.9 Å². The SMILES string of the molecule is COc1ccc(NS(=O)(=O)c2cc(NC(=O)c3ccc4nc[nH]c4c3)ccc2N2CCCCC2)cc1. The van der Waals surface area contributed by atoms with Crippen LogP contribution in [0.3, 0.4) is 0 Å². The van der Waals surface area contributed by atoms with E-state index in [0.29, 0.717) is 28.4 Å². The number of aromatic amines is 1. The Morgan fingerprint density at radius 2 is 1.72 bits per heavy atom. The number of piperidine rings is 1. The van der Waals surface area contributed by atoms with Crippen molar-refractivity contribution >= 4 is 44.0 Å². The molecule has 10 heteroatoms. The number of nitrogens with zero attached hydrogens (tertiary/aromatic N) is 2. The third kappa shape index (κ3) is 4.99. The number of sulfonamides is 1. The average Bonchev–Trinajstić information content (AvgIpc) is 3.37. The number of imidazole rings is 1. The fourth-order valence-electron chi connectivity index (χ4n) is 4.35. The molecule has 0 saturated carbocycles. The van der Waals surface area contributed by atoms with E-state index in [-0.39, 0.29) is 10.8 Å². The number of carbonyl (C=O) groups is 1. The Balaban J connectivity index is 1.46. The Morgan fingerprint density at radius 3 is 2.47 bits per heavy atom. The minimum atomic E-state index is -3.95. The van der Waals surface area contributed by atoms with Gasteiger partial charge >= 0.3 is 0 Å². The highest BCUT2D eigenvalue weighted by molar-refractivity contribution is 7.92. The molecule has 0 atom stereocenters. The lowest BCUT2D eigenvalue weighted by Crippen LogP contribution is -2.31. The lowest BCUT2D eigenvalue weighted by Gasteiger charge is -2.30. The van der Waals surface area contributed by atoms with Gasteiger partial charge in [-0.3, -0.25) is 9.52 Å². The lowest BCUT2D eigenvalue weighted by molar-refractivity contribution is 0.102. The number of methoxy groups -OCH3 is 1. The van der Waals surface area contributed by atoms with Crippen LogP contribution in [0.25, 0.3) is 11.0 Å². The van der Waals surface area contributed by atoms with Crippen molar-refractivity contribution in [1.82, 2.24) is 9.97 Å². The van der Waals surface area contributed by atoms with Crippen LogP contribution in [0.5, 0.6) is 5.75 Å². The molecule has 0 radical (unpaired) electrons. The molecule has 3 N–H and O–H groups in total. The van der Waals surface area contributed by atoms with Crippen molar-refractivity contribution in [1.29, 1.82) is 0 Å². The van der Waals surface area contributed by atoms with Gasteiger partial charge in [0.2, 0.25) is 0 Å². The van der Waals surface area contributed by atoms with E-state index in [4.69, 9.17) is 4.74 Å². The van der Waals surface area contributed by atoms with Gasteiger partial charge in [-0.1, -0.05) is 0 Å². The second-order valence-electron chi connectivity index (χ2n) is 8.65. The molecule has 1 aliphatic heterocycles. The van der Waals surface area contributed by atoms with Crippen LogP contribution in [0, 0.1) is 0 Å². The van der Waals surface area contributed by atoms with Crippen LogP contribution in [0.2, 0.25) is 0 Å². The number of nitrogens with one attached hydrogen (secondary N) is 3. The molecule has 0 spiro atoms. The second-order valence-corrected chi connectivity index (χ2v) is 10.3. The second kappa shape index (κ2) is 9.90. The number of benzene rings is 3. The van der Waals surface area contributed by atoms with Gasteiger partial charge in [0.05, 0.1) is 30.2 Å². The average molecular weight is 506 g/mol. The monoisotopic (exact) mass is 505 g/mol. The maximum Gasteiger partial charge on any atom is 0.264 e. The molecule has 1 saturated heterocycles. The lowest BCUT2D eigenvalue weighted by atomic mass is 10.1. The van der Waals surface area contributed by atoms with Gasteiger partial charge in [0.25, 0.3) is 15.9 Å². The smallest absolute Gasteiger partial charge is 0.264 e. The Bertz CT molecular complexity index is 1490. The maximum absolute atomic E-state index is 13.6. The zero-order chi connectivity index (χ0) is 25.1. The molecule has 3 aromatic carbocycles. The largest absolute Gasteiger partial charge is 0.497 e. The van der Waals surface area contributed by atoms with Crippen LogP contribution in [0.1, 0.15) is 29.6 Å². The summed E-state index contributed by atoms with van der Waals surface area (Å²) in [7, 11) is -2.40. The van der Waals surface area contributed by atoms with E-state index in [1.165, 1.54) is 6.07 Å². The summed E-state index contributed by atoms with van der Waals surface area (Å²) in [6.07, 6.45) is 4.69. The van der Waals surface area contributed by atoms with E-state index in [2.05, 4.69) is 24.9 Å². The minimum Gasteiger partial charge on any atom is -0.497 e. The summed E-state index contributed by atoms with van der Waals surface area (Å²) in [5.41, 5.74) is 3.37. The van der Waals surface area contributed by atoms with Crippen molar-refractivity contribution in [3.63, 3.8) is 0 Å². The number of H-pyrrole nitrogens is 1. The Hall–Kier alpha value is -4.05. The maximum atomic E-state index is 13.6. The van der Waals surface area contributed by atoms with Gasteiger partial charge in [-0.05, 0) is 79.9 Å². The first-order valence-electron chi connectivity index (χ1n) is 11.7. The summed E-state index contributed by atoms with van der Waals surface area (Å²) in [5, 5.41) is 2.84. The molecule has 4 aromatic rings. The molecular weight excluding hydrogens is 478 g/mol. The standard InChI is InChI=1S/C26H27N5O4S/c1-35-21-9-6-19(7-10-21)30-36(33,34)25-16-20(8-12-24(25)31-13-3-2-4-14-31)29-26(32)18-5-11-22-23(15-18)28-17-27-22/h5-12,15-17,30H,2-4,13-14H2,1H3,(H,27,28)(H,29,32). The molecule has 5 rings (SSSR count). The molecule has 0 unspecified atom stereocenters. The summed E-state index contributed by atoms with van der Waals surface area (Å²) in [6.45, 7) is 1.56. The molecular formula is C26H27N5O4S. The van der Waals surface area contributed by atoms with E-state index < -0.39 is 10.0 Å². The van der Waals surface area contributed by atoms with Gasteiger partial charge in [-0.15, -0.1) is 0 Å². The Kier molecular flexibility index (Phi) is 6.51. The van der Waals surface area contributed by atoms with Gasteiger partial charge in [0.1, 0.15) is 10.6 Å². The highest BCUT2D eigenvalue weighted by Gasteiger charge is 2.24.